The largest absolute Gasteiger partial charge is 0.496 e. The van der Waals surface area contributed by atoms with E-state index < -0.39 is 0 Å². The number of hydrazone groups is 1. The molecule has 0 fully saturated rings. The molecule has 7 heteroatoms. The zero-order valence-electron chi connectivity index (χ0n) is 19.0. The van der Waals surface area contributed by atoms with Gasteiger partial charge in [0.15, 0.2) is 5.76 Å². The molecule has 2 aromatic carbocycles. The molecule has 4 rings (SSSR count). The second kappa shape index (κ2) is 9.73. The normalized spacial score (nSPS) is 14.0. The van der Waals surface area contributed by atoms with Gasteiger partial charge in [0.25, 0.3) is 11.8 Å². The van der Waals surface area contributed by atoms with Crippen molar-refractivity contribution in [3.8, 4) is 5.75 Å². The third kappa shape index (κ3) is 4.67. The number of para-hydroxylation sites is 1. The van der Waals surface area contributed by atoms with Gasteiger partial charge >= 0.3 is 0 Å². The van der Waals surface area contributed by atoms with Crippen LogP contribution in [-0.4, -0.2) is 24.6 Å². The van der Waals surface area contributed by atoms with E-state index in [4.69, 9.17) is 9.15 Å². The summed E-state index contributed by atoms with van der Waals surface area (Å²) in [5, 5.41) is 7.29. The third-order valence-electron chi connectivity index (χ3n) is 5.80. The van der Waals surface area contributed by atoms with E-state index >= 15 is 0 Å². The van der Waals surface area contributed by atoms with Crippen molar-refractivity contribution in [2.45, 2.75) is 39.5 Å². The maximum absolute atomic E-state index is 12.9. The molecule has 0 saturated carbocycles. The van der Waals surface area contributed by atoms with Gasteiger partial charge in [-0.15, -0.1) is 0 Å². The Labute approximate surface area is 192 Å². The Morgan fingerprint density at radius 1 is 1.06 bits per heavy atom. The fraction of sp³-hybridized carbons (Fsp3) is 0.269. The second-order valence-corrected chi connectivity index (χ2v) is 7.91. The van der Waals surface area contributed by atoms with E-state index in [2.05, 4.69) is 22.8 Å². The zero-order valence-corrected chi connectivity index (χ0v) is 19.0. The molecule has 2 amide bonds. The molecule has 0 radical (unpaired) electrons. The van der Waals surface area contributed by atoms with Gasteiger partial charge in [0.2, 0.25) is 0 Å². The van der Waals surface area contributed by atoms with Gasteiger partial charge in [-0.05, 0) is 56.0 Å². The van der Waals surface area contributed by atoms with Crippen LogP contribution in [0.5, 0.6) is 5.75 Å². The predicted molar refractivity (Wildman–Crippen MR) is 127 cm³/mol. The van der Waals surface area contributed by atoms with Crippen molar-refractivity contribution in [1.82, 2.24) is 5.43 Å². The van der Waals surface area contributed by atoms with E-state index in [-0.39, 0.29) is 17.6 Å². The first kappa shape index (κ1) is 22.3. The summed E-state index contributed by atoms with van der Waals surface area (Å²) in [6.45, 7) is 3.93. The van der Waals surface area contributed by atoms with Gasteiger partial charge in [-0.3, -0.25) is 9.59 Å². The van der Waals surface area contributed by atoms with Crippen LogP contribution in [0.25, 0.3) is 0 Å². The number of amides is 2. The lowest BCUT2D eigenvalue weighted by Gasteiger charge is -2.14. The first-order valence-electron chi connectivity index (χ1n) is 11.0. The van der Waals surface area contributed by atoms with Gasteiger partial charge in [-0.2, -0.15) is 5.10 Å². The molecule has 0 spiro atoms. The van der Waals surface area contributed by atoms with E-state index in [9.17, 15) is 9.59 Å². The number of aryl methyl sites for hydroxylation is 2. The molecular formula is C26H27N3O4. The number of furan rings is 1. The lowest BCUT2D eigenvalue weighted by atomic mass is 9.93. The lowest BCUT2D eigenvalue weighted by molar-refractivity contribution is 0.0950. The molecule has 3 aromatic rings. The molecule has 1 heterocycles. The minimum absolute atomic E-state index is 0.269. The van der Waals surface area contributed by atoms with Crippen molar-refractivity contribution >= 4 is 23.2 Å². The minimum Gasteiger partial charge on any atom is -0.496 e. The molecule has 170 valence electrons. The molecule has 33 heavy (non-hydrogen) atoms. The fourth-order valence-corrected chi connectivity index (χ4v) is 4.02. The Morgan fingerprint density at radius 2 is 1.82 bits per heavy atom. The van der Waals surface area contributed by atoms with Gasteiger partial charge in [-0.1, -0.05) is 31.2 Å². The Morgan fingerprint density at radius 3 is 2.55 bits per heavy atom. The summed E-state index contributed by atoms with van der Waals surface area (Å²) in [6, 6.07) is 14.7. The molecule has 0 aliphatic heterocycles. The van der Waals surface area contributed by atoms with Gasteiger partial charge in [0, 0.05) is 23.2 Å². The van der Waals surface area contributed by atoms with Gasteiger partial charge < -0.3 is 14.5 Å². The predicted octanol–water partition coefficient (Wildman–Crippen LogP) is 4.88. The molecule has 0 bridgehead atoms. The summed E-state index contributed by atoms with van der Waals surface area (Å²) < 4.78 is 11.2. The highest BCUT2D eigenvalue weighted by Crippen LogP contribution is 2.30. The van der Waals surface area contributed by atoms with E-state index in [1.54, 1.807) is 24.3 Å². The number of carbonyl (C=O) groups excluding carboxylic acids is 2. The number of benzene rings is 2. The first-order valence-corrected chi connectivity index (χ1v) is 11.0. The van der Waals surface area contributed by atoms with Gasteiger partial charge in [-0.25, -0.2) is 5.43 Å². The molecule has 0 unspecified atom stereocenters. The number of methoxy groups -OCH3 is 1. The van der Waals surface area contributed by atoms with Crippen LogP contribution < -0.4 is 15.5 Å². The van der Waals surface area contributed by atoms with E-state index in [0.29, 0.717) is 35.6 Å². The SMILES string of the molecule is CCc1ccc(NC(=O)c2oc3c(c2C)/C(=N/NC(=O)c2ccccc2OC)CCC3)cc1. The molecular weight excluding hydrogens is 418 g/mol. The monoisotopic (exact) mass is 445 g/mol. The smallest absolute Gasteiger partial charge is 0.291 e. The van der Waals surface area contributed by atoms with Crippen LogP contribution in [0.1, 0.15) is 63.1 Å². The standard InChI is InChI=1S/C26H27N3O4/c1-4-17-12-14-18(15-13-17)27-26(31)24-16(2)23-20(9-7-11-22(23)33-24)28-29-25(30)19-8-5-6-10-21(19)32-3/h5-6,8,10,12-15H,4,7,9,11H2,1-3H3,(H,27,31)(H,29,30)/b28-20+. The minimum atomic E-state index is -0.360. The molecule has 7 nitrogen and oxygen atoms in total. The van der Waals surface area contributed by atoms with Crippen LogP contribution in [0.3, 0.4) is 0 Å². The Hall–Kier alpha value is -3.87. The number of nitrogens with one attached hydrogen (secondary N) is 2. The number of rotatable bonds is 6. The number of ether oxygens (including phenoxy) is 1. The highest BCUT2D eigenvalue weighted by molar-refractivity contribution is 6.09. The van der Waals surface area contributed by atoms with Crippen molar-refractivity contribution in [1.29, 1.82) is 0 Å². The zero-order chi connectivity index (χ0) is 23.4. The number of nitrogens with zero attached hydrogens (tertiary/aromatic N) is 1. The third-order valence-corrected chi connectivity index (χ3v) is 5.80. The maximum atomic E-state index is 12.9. The summed E-state index contributed by atoms with van der Waals surface area (Å²) in [7, 11) is 1.52. The highest BCUT2D eigenvalue weighted by Gasteiger charge is 2.28. The highest BCUT2D eigenvalue weighted by atomic mass is 16.5. The Bertz CT molecular complexity index is 1210. The van der Waals surface area contributed by atoms with Crippen LogP contribution in [-0.2, 0) is 12.8 Å². The van der Waals surface area contributed by atoms with Crippen LogP contribution in [0, 0.1) is 6.92 Å². The van der Waals surface area contributed by atoms with E-state index in [1.807, 2.05) is 31.2 Å². The average Bonchev–Trinajstić information content (AvgIpc) is 3.20. The summed E-state index contributed by atoms with van der Waals surface area (Å²) in [5.74, 6) is 0.802. The topological polar surface area (TPSA) is 92.9 Å². The van der Waals surface area contributed by atoms with Crippen molar-refractivity contribution < 1.29 is 18.7 Å². The van der Waals surface area contributed by atoms with E-state index in [0.717, 1.165) is 29.7 Å². The van der Waals surface area contributed by atoms with Gasteiger partial charge in [0.05, 0.1) is 18.4 Å². The molecule has 1 aliphatic rings. The number of carbonyl (C=O) groups is 2. The Kier molecular flexibility index (Phi) is 6.58. The summed E-state index contributed by atoms with van der Waals surface area (Å²) in [6.07, 6.45) is 3.16. The lowest BCUT2D eigenvalue weighted by Crippen LogP contribution is -2.22. The number of anilines is 1. The van der Waals surface area contributed by atoms with Crippen LogP contribution >= 0.6 is 0 Å². The van der Waals surface area contributed by atoms with E-state index in [1.165, 1.54) is 12.7 Å². The number of hydrogen-bond acceptors (Lipinski definition) is 5. The van der Waals surface area contributed by atoms with Crippen molar-refractivity contribution in [3.05, 3.63) is 82.3 Å². The fourth-order valence-electron chi connectivity index (χ4n) is 4.02. The Balaban J connectivity index is 1.55. The summed E-state index contributed by atoms with van der Waals surface area (Å²) in [4.78, 5) is 25.5. The first-order chi connectivity index (χ1) is 16.0. The quantitative estimate of drug-likeness (QED) is 0.529. The summed E-state index contributed by atoms with van der Waals surface area (Å²) in [5.41, 5.74) is 7.16. The van der Waals surface area contributed by atoms with Crippen LogP contribution in [0.15, 0.2) is 58.0 Å². The average molecular weight is 446 g/mol. The molecule has 2 N–H and O–H groups in total. The van der Waals surface area contributed by atoms with Crippen LogP contribution in [0.2, 0.25) is 0 Å². The van der Waals surface area contributed by atoms with Crippen molar-refractivity contribution in [3.63, 3.8) is 0 Å². The number of hydrogen-bond donors (Lipinski definition) is 2. The van der Waals surface area contributed by atoms with Crippen molar-refractivity contribution in [2.75, 3.05) is 12.4 Å². The second-order valence-electron chi connectivity index (χ2n) is 7.91. The molecule has 1 aromatic heterocycles. The van der Waals surface area contributed by atoms with Crippen molar-refractivity contribution in [2.24, 2.45) is 5.10 Å². The summed E-state index contributed by atoms with van der Waals surface area (Å²) >= 11 is 0. The molecule has 1 aliphatic carbocycles. The molecule has 0 atom stereocenters. The molecule has 0 saturated heterocycles. The van der Waals surface area contributed by atoms with Gasteiger partial charge in [0.1, 0.15) is 11.5 Å². The maximum Gasteiger partial charge on any atom is 0.291 e. The van der Waals surface area contributed by atoms with Crippen LogP contribution in [0.4, 0.5) is 5.69 Å². The number of fused-ring (bicyclic) bond motifs is 1.